The largest absolute Gasteiger partial charge is 0.333 e. The van der Waals surface area contributed by atoms with Crippen LogP contribution in [-0.2, 0) is 5.75 Å². The highest BCUT2D eigenvalue weighted by Gasteiger charge is 2.09. The molecule has 0 radical (unpaired) electrons. The van der Waals surface area contributed by atoms with Crippen LogP contribution in [0.1, 0.15) is 5.82 Å². The van der Waals surface area contributed by atoms with Crippen molar-refractivity contribution in [2.24, 2.45) is 0 Å². The fourth-order valence-electron chi connectivity index (χ4n) is 1.38. The molecular formula is C12H9N3OS2. The van der Waals surface area contributed by atoms with Crippen molar-refractivity contribution < 1.29 is 4.52 Å². The first kappa shape index (κ1) is 11.4. The van der Waals surface area contributed by atoms with Crippen LogP contribution in [0.15, 0.2) is 51.5 Å². The highest BCUT2D eigenvalue weighted by atomic mass is 32.2. The maximum absolute atomic E-state index is 5.21. The zero-order valence-electron chi connectivity index (χ0n) is 9.31. The lowest BCUT2D eigenvalue weighted by Gasteiger charge is -1.94. The average Bonchev–Trinajstić information content (AvgIpc) is 3.08. The minimum Gasteiger partial charge on any atom is -0.333 e. The first-order valence-corrected chi connectivity index (χ1v) is 7.18. The summed E-state index contributed by atoms with van der Waals surface area (Å²) in [5.74, 6) is 1.93. The van der Waals surface area contributed by atoms with Crippen LogP contribution >= 0.6 is 23.1 Å². The van der Waals surface area contributed by atoms with Crippen molar-refractivity contribution in [2.75, 3.05) is 0 Å². The summed E-state index contributed by atoms with van der Waals surface area (Å²) in [5, 5.41) is 6.91. The summed E-state index contributed by atoms with van der Waals surface area (Å²) < 4.78 is 5.21. The Morgan fingerprint density at radius 1 is 1.22 bits per heavy atom. The van der Waals surface area contributed by atoms with Crippen LogP contribution in [0.2, 0.25) is 0 Å². The maximum atomic E-state index is 5.21. The second kappa shape index (κ2) is 5.32. The summed E-state index contributed by atoms with van der Waals surface area (Å²) in [4.78, 5) is 9.58. The van der Waals surface area contributed by atoms with Crippen LogP contribution in [0.4, 0.5) is 0 Å². The van der Waals surface area contributed by atoms with Gasteiger partial charge in [-0.2, -0.15) is 4.98 Å². The molecule has 0 unspecified atom stereocenters. The molecule has 3 aromatic rings. The molecule has 0 spiro atoms. The molecule has 6 heteroatoms. The van der Waals surface area contributed by atoms with Crippen LogP contribution in [0.3, 0.4) is 0 Å². The molecule has 0 amide bonds. The molecule has 3 heterocycles. The van der Waals surface area contributed by atoms with Gasteiger partial charge >= 0.3 is 0 Å². The second-order valence-electron chi connectivity index (χ2n) is 3.45. The normalized spacial score (nSPS) is 10.7. The Morgan fingerprint density at radius 3 is 3.00 bits per heavy atom. The number of hydrogen-bond acceptors (Lipinski definition) is 6. The minimum atomic E-state index is 0.585. The van der Waals surface area contributed by atoms with E-state index in [4.69, 9.17) is 4.52 Å². The second-order valence-corrected chi connectivity index (χ2v) is 5.39. The molecule has 18 heavy (non-hydrogen) atoms. The number of rotatable bonds is 4. The van der Waals surface area contributed by atoms with Crippen LogP contribution in [0.5, 0.6) is 0 Å². The van der Waals surface area contributed by atoms with Gasteiger partial charge in [0, 0.05) is 6.20 Å². The summed E-state index contributed by atoms with van der Waals surface area (Å²) >= 11 is 3.18. The highest BCUT2D eigenvalue weighted by molar-refractivity contribution is 7.98. The zero-order valence-corrected chi connectivity index (χ0v) is 10.9. The van der Waals surface area contributed by atoms with E-state index in [0.717, 1.165) is 9.90 Å². The molecule has 0 saturated heterocycles. The first-order chi connectivity index (χ1) is 8.92. The van der Waals surface area contributed by atoms with Crippen molar-refractivity contribution in [3.63, 3.8) is 0 Å². The Kier molecular flexibility index (Phi) is 3.38. The monoisotopic (exact) mass is 275 g/mol. The molecule has 0 aromatic carbocycles. The summed E-state index contributed by atoms with van der Waals surface area (Å²) in [5.41, 5.74) is 0. The van der Waals surface area contributed by atoms with Gasteiger partial charge in [0.1, 0.15) is 0 Å². The zero-order chi connectivity index (χ0) is 12.2. The van der Waals surface area contributed by atoms with E-state index in [1.54, 1.807) is 29.3 Å². The molecule has 0 aliphatic rings. The van der Waals surface area contributed by atoms with Gasteiger partial charge in [-0.3, -0.25) is 0 Å². The van der Waals surface area contributed by atoms with Gasteiger partial charge in [-0.25, -0.2) is 4.98 Å². The number of thiophene rings is 1. The highest BCUT2D eigenvalue weighted by Crippen LogP contribution is 2.24. The van der Waals surface area contributed by atoms with E-state index >= 15 is 0 Å². The van der Waals surface area contributed by atoms with Crippen molar-refractivity contribution in [1.82, 2.24) is 15.1 Å². The molecule has 3 rings (SSSR count). The Bertz CT molecular complexity index is 607. The van der Waals surface area contributed by atoms with Gasteiger partial charge in [-0.05, 0) is 23.6 Å². The molecule has 90 valence electrons. The van der Waals surface area contributed by atoms with E-state index in [9.17, 15) is 0 Å². The quantitative estimate of drug-likeness (QED) is 0.682. The fourth-order valence-corrected chi connectivity index (χ4v) is 2.73. The third kappa shape index (κ3) is 2.60. The number of thioether (sulfide) groups is 1. The fraction of sp³-hybridized carbons (Fsp3) is 0.0833. The maximum Gasteiger partial charge on any atom is 0.268 e. The SMILES string of the molecule is c1ccc(SCc2noc(-c3cccs3)n2)nc1. The van der Waals surface area contributed by atoms with Gasteiger partial charge in [0.05, 0.1) is 15.7 Å². The Morgan fingerprint density at radius 2 is 2.22 bits per heavy atom. The first-order valence-electron chi connectivity index (χ1n) is 5.32. The van der Waals surface area contributed by atoms with Gasteiger partial charge in [0.15, 0.2) is 5.82 Å². The number of hydrogen-bond donors (Lipinski definition) is 0. The molecule has 4 nitrogen and oxygen atoms in total. The molecule has 0 aliphatic heterocycles. The van der Waals surface area contributed by atoms with Crippen LogP contribution in [0, 0.1) is 0 Å². The van der Waals surface area contributed by atoms with E-state index in [2.05, 4.69) is 15.1 Å². The lowest BCUT2D eigenvalue weighted by Crippen LogP contribution is -1.85. The number of pyridine rings is 1. The number of nitrogens with zero attached hydrogens (tertiary/aromatic N) is 3. The molecule has 0 aliphatic carbocycles. The molecule has 0 saturated carbocycles. The summed E-state index contributed by atoms with van der Waals surface area (Å²) in [6, 6.07) is 9.75. The van der Waals surface area contributed by atoms with E-state index in [-0.39, 0.29) is 0 Å². The van der Waals surface area contributed by atoms with Crippen molar-refractivity contribution in [3.05, 3.63) is 47.7 Å². The summed E-state index contributed by atoms with van der Waals surface area (Å²) in [7, 11) is 0. The van der Waals surface area contributed by atoms with Gasteiger partial charge < -0.3 is 4.52 Å². The molecular weight excluding hydrogens is 266 g/mol. The average molecular weight is 275 g/mol. The molecule has 0 fully saturated rings. The van der Waals surface area contributed by atoms with Crippen molar-refractivity contribution in [3.8, 4) is 10.8 Å². The summed E-state index contributed by atoms with van der Waals surface area (Å²) in [6.45, 7) is 0. The molecule has 0 N–H and O–H groups in total. The minimum absolute atomic E-state index is 0.585. The third-order valence-corrected chi connectivity index (χ3v) is 3.98. The van der Waals surface area contributed by atoms with Gasteiger partial charge in [0.2, 0.25) is 0 Å². The van der Waals surface area contributed by atoms with Crippen molar-refractivity contribution in [1.29, 1.82) is 0 Å². The predicted octanol–water partition coefficient (Wildman–Crippen LogP) is 3.49. The van der Waals surface area contributed by atoms with Gasteiger partial charge in [0.25, 0.3) is 5.89 Å². The van der Waals surface area contributed by atoms with Crippen LogP contribution < -0.4 is 0 Å². The standard InChI is InChI=1S/C12H9N3OS2/c1-2-6-13-11(5-1)18-8-10-14-12(16-15-10)9-4-3-7-17-9/h1-7H,8H2. The van der Waals surface area contributed by atoms with Gasteiger partial charge in [-0.15, -0.1) is 11.3 Å². The van der Waals surface area contributed by atoms with Crippen LogP contribution in [0.25, 0.3) is 10.8 Å². The molecule has 0 atom stereocenters. The Hall–Kier alpha value is -1.66. The lowest BCUT2D eigenvalue weighted by molar-refractivity contribution is 0.426. The smallest absolute Gasteiger partial charge is 0.268 e. The predicted molar refractivity (Wildman–Crippen MR) is 71.4 cm³/mol. The van der Waals surface area contributed by atoms with E-state index < -0.39 is 0 Å². The van der Waals surface area contributed by atoms with E-state index in [1.165, 1.54) is 0 Å². The Balaban J connectivity index is 1.68. The van der Waals surface area contributed by atoms with Gasteiger partial charge in [-0.1, -0.05) is 29.1 Å². The van der Waals surface area contributed by atoms with E-state index in [0.29, 0.717) is 17.5 Å². The summed E-state index contributed by atoms with van der Waals surface area (Å²) in [6.07, 6.45) is 1.77. The van der Waals surface area contributed by atoms with Crippen molar-refractivity contribution in [2.45, 2.75) is 10.8 Å². The topological polar surface area (TPSA) is 51.8 Å². The number of aromatic nitrogens is 3. The lowest BCUT2D eigenvalue weighted by atomic mass is 10.5. The Labute approximate surface area is 112 Å². The molecule has 0 bridgehead atoms. The third-order valence-electron chi connectivity index (χ3n) is 2.19. The van der Waals surface area contributed by atoms with E-state index in [1.807, 2.05) is 35.7 Å². The van der Waals surface area contributed by atoms with Crippen LogP contribution in [-0.4, -0.2) is 15.1 Å². The van der Waals surface area contributed by atoms with Crippen molar-refractivity contribution >= 4 is 23.1 Å². The molecule has 3 aromatic heterocycles.